The van der Waals surface area contributed by atoms with Crippen molar-refractivity contribution >= 4 is 5.91 Å². The van der Waals surface area contributed by atoms with Gasteiger partial charge in [0.2, 0.25) is 5.91 Å². The fourth-order valence-electron chi connectivity index (χ4n) is 0.630. The molecule has 0 radical (unpaired) electrons. The van der Waals surface area contributed by atoms with Crippen molar-refractivity contribution in [3.8, 4) is 0 Å². The van der Waals surface area contributed by atoms with E-state index in [4.69, 9.17) is 11.5 Å². The van der Waals surface area contributed by atoms with Crippen molar-refractivity contribution in [2.24, 2.45) is 11.5 Å². The Kier molecular flexibility index (Phi) is 1.42. The van der Waals surface area contributed by atoms with E-state index >= 15 is 0 Å². The maximum atomic E-state index is 10.8. The van der Waals surface area contributed by atoms with E-state index in [0.717, 1.165) is 12.8 Å². The maximum absolute atomic E-state index is 10.8. The Hall–Kier alpha value is -0.610. The highest BCUT2D eigenvalue weighted by Gasteiger charge is 2.45. The Morgan fingerprint density at radius 2 is 2.22 bits per heavy atom. The highest BCUT2D eigenvalue weighted by molar-refractivity contribution is 5.88. The second-order valence-electron chi connectivity index (χ2n) is 2.37. The Labute approximate surface area is 53.6 Å². The van der Waals surface area contributed by atoms with Crippen LogP contribution in [0.3, 0.4) is 0 Å². The molecule has 0 aromatic heterocycles. The molecule has 1 fully saturated rings. The summed E-state index contributed by atoms with van der Waals surface area (Å²) in [5.41, 5.74) is 10.0. The van der Waals surface area contributed by atoms with Gasteiger partial charge in [-0.25, -0.2) is 0 Å². The van der Waals surface area contributed by atoms with Crippen LogP contribution in [-0.2, 0) is 4.79 Å². The molecule has 4 heteroatoms. The third-order valence-corrected chi connectivity index (χ3v) is 1.50. The van der Waals surface area contributed by atoms with Gasteiger partial charge in [-0.1, -0.05) is 0 Å². The zero-order valence-corrected chi connectivity index (χ0v) is 5.18. The average Bonchev–Trinajstić information content (AvgIpc) is 2.50. The quantitative estimate of drug-likeness (QED) is 0.397. The molecule has 5 N–H and O–H groups in total. The van der Waals surface area contributed by atoms with Crippen LogP contribution in [0.2, 0.25) is 0 Å². The molecule has 0 unspecified atom stereocenters. The second kappa shape index (κ2) is 1.97. The molecule has 0 heterocycles. The van der Waals surface area contributed by atoms with Gasteiger partial charge in [-0.2, -0.15) is 0 Å². The van der Waals surface area contributed by atoms with Crippen LogP contribution in [0, 0.1) is 0 Å². The summed E-state index contributed by atoms with van der Waals surface area (Å²) in [5.74, 6) is -0.120. The lowest BCUT2D eigenvalue weighted by atomic mass is 10.3. The normalized spacial score (nSPS) is 21.1. The highest BCUT2D eigenvalue weighted by atomic mass is 16.2. The van der Waals surface area contributed by atoms with Crippen molar-refractivity contribution in [3.05, 3.63) is 0 Å². The molecule has 9 heavy (non-hydrogen) atoms. The first kappa shape index (κ1) is 6.51. The Morgan fingerprint density at radius 1 is 1.67 bits per heavy atom. The van der Waals surface area contributed by atoms with Crippen LogP contribution < -0.4 is 16.8 Å². The summed E-state index contributed by atoms with van der Waals surface area (Å²) in [6, 6.07) is 0. The van der Waals surface area contributed by atoms with Crippen LogP contribution in [0.1, 0.15) is 12.8 Å². The molecule has 1 amide bonds. The van der Waals surface area contributed by atoms with E-state index in [9.17, 15) is 4.79 Å². The molecule has 0 aliphatic heterocycles. The summed E-state index contributed by atoms with van der Waals surface area (Å²) in [5, 5.41) is 2.46. The first-order valence-corrected chi connectivity index (χ1v) is 2.96. The number of amides is 1. The molecule has 0 bridgehead atoms. The Bertz CT molecular complexity index is 130. The number of hydrogen-bond donors (Lipinski definition) is 3. The third kappa shape index (κ3) is 1.20. The predicted molar refractivity (Wildman–Crippen MR) is 33.3 cm³/mol. The van der Waals surface area contributed by atoms with E-state index in [2.05, 4.69) is 5.32 Å². The van der Waals surface area contributed by atoms with E-state index in [-0.39, 0.29) is 12.6 Å². The van der Waals surface area contributed by atoms with E-state index in [1.807, 2.05) is 0 Å². The Morgan fingerprint density at radius 3 is 2.56 bits per heavy atom. The number of hydrogen-bond acceptors (Lipinski definition) is 3. The number of nitrogens with two attached hydrogens (primary N) is 2. The smallest absolute Gasteiger partial charge is 0.241 e. The number of carbonyl (C=O) groups excluding carboxylic acids is 1. The van der Waals surface area contributed by atoms with E-state index in [1.54, 1.807) is 0 Å². The molecule has 4 nitrogen and oxygen atoms in total. The minimum atomic E-state index is -0.570. The predicted octanol–water partition coefficient (Wildman–Crippen LogP) is -1.49. The molecule has 0 saturated heterocycles. The highest BCUT2D eigenvalue weighted by Crippen LogP contribution is 2.31. The van der Waals surface area contributed by atoms with Gasteiger partial charge in [0.1, 0.15) is 0 Å². The fourth-order valence-corrected chi connectivity index (χ4v) is 0.630. The summed E-state index contributed by atoms with van der Waals surface area (Å²) in [6.07, 6.45) is 1.58. The van der Waals surface area contributed by atoms with E-state index in [1.165, 1.54) is 0 Å². The van der Waals surface area contributed by atoms with Crippen molar-refractivity contribution in [3.63, 3.8) is 0 Å². The number of nitrogens with one attached hydrogen (secondary N) is 1. The summed E-state index contributed by atoms with van der Waals surface area (Å²) >= 11 is 0. The van der Waals surface area contributed by atoms with Gasteiger partial charge >= 0.3 is 0 Å². The zero-order valence-electron chi connectivity index (χ0n) is 5.18. The van der Waals surface area contributed by atoms with Crippen LogP contribution in [0.4, 0.5) is 0 Å². The standard InChI is InChI=1S/C5H11N3O/c6-3-8-4(9)5(7)1-2-5/h1-3,6-7H2,(H,8,9). The van der Waals surface area contributed by atoms with E-state index in [0.29, 0.717) is 0 Å². The van der Waals surface area contributed by atoms with Crippen LogP contribution >= 0.6 is 0 Å². The van der Waals surface area contributed by atoms with Crippen molar-refractivity contribution in [1.29, 1.82) is 0 Å². The molecular formula is C5H11N3O. The summed E-state index contributed by atoms with van der Waals surface area (Å²) in [6.45, 7) is 0.178. The number of rotatable bonds is 2. The minimum absolute atomic E-state index is 0.120. The molecule has 52 valence electrons. The van der Waals surface area contributed by atoms with Gasteiger partial charge in [0, 0.05) is 0 Å². The average molecular weight is 129 g/mol. The largest absolute Gasteiger partial charge is 0.342 e. The molecule has 0 spiro atoms. The number of carbonyl (C=O) groups is 1. The van der Waals surface area contributed by atoms with Gasteiger partial charge in [0.05, 0.1) is 12.2 Å². The lowest BCUT2D eigenvalue weighted by molar-refractivity contribution is -0.123. The van der Waals surface area contributed by atoms with Crippen molar-refractivity contribution in [2.45, 2.75) is 18.4 Å². The molecule has 0 aromatic rings. The molecule has 0 aromatic carbocycles. The van der Waals surface area contributed by atoms with Gasteiger partial charge in [-0.15, -0.1) is 0 Å². The molecule has 1 rings (SSSR count). The maximum Gasteiger partial charge on any atom is 0.241 e. The van der Waals surface area contributed by atoms with E-state index < -0.39 is 5.54 Å². The van der Waals surface area contributed by atoms with Crippen molar-refractivity contribution < 1.29 is 4.79 Å². The van der Waals surface area contributed by atoms with Gasteiger partial charge in [-0.05, 0) is 12.8 Å². The van der Waals surface area contributed by atoms with Crippen LogP contribution in [0.25, 0.3) is 0 Å². The Balaban J connectivity index is 2.34. The van der Waals surface area contributed by atoms with Crippen molar-refractivity contribution in [1.82, 2.24) is 5.32 Å². The first-order chi connectivity index (χ1) is 4.19. The molecule has 1 aliphatic rings. The van der Waals surface area contributed by atoms with Crippen LogP contribution in [-0.4, -0.2) is 18.1 Å². The SMILES string of the molecule is NCNC(=O)C1(N)CC1. The molecule has 1 aliphatic carbocycles. The minimum Gasteiger partial charge on any atom is -0.342 e. The van der Waals surface area contributed by atoms with Gasteiger partial charge in [-0.3, -0.25) is 4.79 Å². The summed E-state index contributed by atoms with van der Waals surface area (Å²) < 4.78 is 0. The first-order valence-electron chi connectivity index (χ1n) is 2.96. The lowest BCUT2D eigenvalue weighted by Crippen LogP contribution is -2.44. The topological polar surface area (TPSA) is 81.1 Å². The molecular weight excluding hydrogens is 118 g/mol. The monoisotopic (exact) mass is 129 g/mol. The summed E-state index contributed by atoms with van der Waals surface area (Å²) in [7, 11) is 0. The summed E-state index contributed by atoms with van der Waals surface area (Å²) in [4.78, 5) is 10.8. The third-order valence-electron chi connectivity index (χ3n) is 1.50. The van der Waals surface area contributed by atoms with Gasteiger partial charge < -0.3 is 16.8 Å². The van der Waals surface area contributed by atoms with Crippen LogP contribution in [0.15, 0.2) is 0 Å². The van der Waals surface area contributed by atoms with Crippen LogP contribution in [0.5, 0.6) is 0 Å². The molecule has 0 atom stereocenters. The van der Waals surface area contributed by atoms with Crippen molar-refractivity contribution in [2.75, 3.05) is 6.67 Å². The second-order valence-corrected chi connectivity index (χ2v) is 2.37. The molecule has 1 saturated carbocycles. The fraction of sp³-hybridized carbons (Fsp3) is 0.800. The zero-order chi connectivity index (χ0) is 6.91. The van der Waals surface area contributed by atoms with Gasteiger partial charge in [0.15, 0.2) is 0 Å². The van der Waals surface area contributed by atoms with Gasteiger partial charge in [0.25, 0.3) is 0 Å². The lowest BCUT2D eigenvalue weighted by Gasteiger charge is -2.06.